The smallest absolute Gasteiger partial charge is 0.381 e. The van der Waals surface area contributed by atoms with Crippen LogP contribution in [0.4, 0.5) is 26.3 Å². The molecule has 7 nitrogen and oxygen atoms in total. The number of carbonyl (C=O) groups is 2. The zero-order chi connectivity index (χ0) is 31.5. The van der Waals surface area contributed by atoms with Gasteiger partial charge in [0.15, 0.2) is 5.69 Å². The van der Waals surface area contributed by atoms with Gasteiger partial charge < -0.3 is 10.1 Å². The standard InChI is InChI=1S/C31H26F6N4O3/c32-30(33,34)23-9-6-21(7-10-23)20-4-2-19(3-5-20)12-15-38-14-1-17-41-27(28(42)44-29(43)31(35,36)37)25-11-8-22-18-39-16-13-24(22)26(25)40-41/h2-7,9-10,13,16,18,38H,1,8,11-12,14-15,17H2. The SMILES string of the molecule is O=C(OC(=O)C(F)(F)F)c1c2c(nn1CCCNCCc1ccc(-c3ccc(C(F)(F)F)cc3)cc1)-c1ccncc1CC2. The molecule has 0 amide bonds. The fourth-order valence-corrected chi connectivity index (χ4v) is 5.08. The van der Waals surface area contributed by atoms with Crippen LogP contribution < -0.4 is 5.32 Å². The Kier molecular flexibility index (Phi) is 8.86. The number of nitrogens with one attached hydrogen (secondary N) is 1. The molecule has 230 valence electrons. The summed E-state index contributed by atoms with van der Waals surface area (Å²) in [6, 6.07) is 14.2. The van der Waals surface area contributed by atoms with Gasteiger partial charge in [-0.15, -0.1) is 0 Å². The van der Waals surface area contributed by atoms with Crippen LogP contribution in [-0.4, -0.2) is 46.0 Å². The van der Waals surface area contributed by atoms with E-state index in [0.29, 0.717) is 55.6 Å². The summed E-state index contributed by atoms with van der Waals surface area (Å²) in [4.78, 5) is 28.2. The Labute approximate surface area is 247 Å². The summed E-state index contributed by atoms with van der Waals surface area (Å²) < 4.78 is 82.2. The second-order valence-electron chi connectivity index (χ2n) is 10.2. The minimum Gasteiger partial charge on any atom is -0.381 e. The van der Waals surface area contributed by atoms with Gasteiger partial charge in [0.2, 0.25) is 0 Å². The zero-order valence-corrected chi connectivity index (χ0v) is 23.1. The monoisotopic (exact) mass is 616 g/mol. The minimum atomic E-state index is -5.31. The molecule has 0 spiro atoms. The van der Waals surface area contributed by atoms with E-state index in [9.17, 15) is 35.9 Å². The molecule has 2 heterocycles. The number of alkyl halides is 6. The van der Waals surface area contributed by atoms with Gasteiger partial charge in [-0.2, -0.15) is 31.4 Å². The average molecular weight is 617 g/mol. The number of hydrogen-bond acceptors (Lipinski definition) is 6. The number of benzene rings is 2. The van der Waals surface area contributed by atoms with E-state index < -0.39 is 29.9 Å². The summed E-state index contributed by atoms with van der Waals surface area (Å²) in [5.74, 6) is -3.98. The van der Waals surface area contributed by atoms with Crippen molar-refractivity contribution in [2.75, 3.05) is 13.1 Å². The first-order valence-electron chi connectivity index (χ1n) is 13.8. The molecule has 0 atom stereocenters. The second kappa shape index (κ2) is 12.6. The normalized spacial score (nSPS) is 12.9. The van der Waals surface area contributed by atoms with E-state index in [1.165, 1.54) is 16.8 Å². The molecule has 1 aliphatic rings. The maximum atomic E-state index is 12.8. The van der Waals surface area contributed by atoms with Gasteiger partial charge in [-0.1, -0.05) is 36.4 Å². The molecule has 0 saturated carbocycles. The lowest BCUT2D eigenvalue weighted by Gasteiger charge is -2.15. The predicted molar refractivity (Wildman–Crippen MR) is 147 cm³/mol. The third kappa shape index (κ3) is 6.99. The van der Waals surface area contributed by atoms with Crippen LogP contribution in [0.3, 0.4) is 0 Å². The summed E-state index contributed by atoms with van der Waals surface area (Å²) in [6.45, 7) is 1.29. The molecule has 2 aromatic carbocycles. The molecule has 0 saturated heterocycles. The van der Waals surface area contributed by atoms with Crippen LogP contribution in [0.15, 0.2) is 67.0 Å². The summed E-state index contributed by atoms with van der Waals surface area (Å²) in [6.07, 6.45) is -4.49. The highest BCUT2D eigenvalue weighted by atomic mass is 19.4. The van der Waals surface area contributed by atoms with Crippen LogP contribution in [-0.2, 0) is 41.5 Å². The maximum Gasteiger partial charge on any atom is 0.491 e. The first-order chi connectivity index (χ1) is 20.9. The Morgan fingerprint density at radius 3 is 2.23 bits per heavy atom. The highest BCUT2D eigenvalue weighted by molar-refractivity contribution is 5.99. The summed E-state index contributed by atoms with van der Waals surface area (Å²) in [5.41, 5.74) is 4.10. The summed E-state index contributed by atoms with van der Waals surface area (Å²) in [7, 11) is 0. The third-order valence-electron chi connectivity index (χ3n) is 7.28. The molecule has 0 aliphatic heterocycles. The first kappa shape index (κ1) is 30.9. The van der Waals surface area contributed by atoms with Gasteiger partial charge in [-0.05, 0) is 79.2 Å². The zero-order valence-electron chi connectivity index (χ0n) is 23.1. The topological polar surface area (TPSA) is 86.1 Å². The lowest BCUT2D eigenvalue weighted by atomic mass is 9.90. The van der Waals surface area contributed by atoms with Crippen LogP contribution in [0, 0.1) is 0 Å². The highest BCUT2D eigenvalue weighted by Crippen LogP contribution is 2.35. The Morgan fingerprint density at radius 2 is 1.57 bits per heavy atom. The molecule has 13 heteroatoms. The molecular formula is C31H26F6N4O3. The molecule has 44 heavy (non-hydrogen) atoms. The van der Waals surface area contributed by atoms with Crippen LogP contribution in [0.2, 0.25) is 0 Å². The Morgan fingerprint density at radius 1 is 0.886 bits per heavy atom. The number of ether oxygens (including phenoxy) is 1. The predicted octanol–water partition coefficient (Wildman–Crippen LogP) is 6.20. The van der Waals surface area contributed by atoms with Crippen molar-refractivity contribution in [3.05, 3.63) is 94.9 Å². The second-order valence-corrected chi connectivity index (χ2v) is 10.2. The number of halogens is 6. The van der Waals surface area contributed by atoms with E-state index in [0.717, 1.165) is 34.4 Å². The van der Waals surface area contributed by atoms with Crippen molar-refractivity contribution in [1.29, 1.82) is 0 Å². The van der Waals surface area contributed by atoms with Crippen molar-refractivity contribution >= 4 is 11.9 Å². The average Bonchev–Trinajstić information content (AvgIpc) is 3.37. The number of carbonyl (C=O) groups excluding carboxylic acids is 2. The number of rotatable bonds is 9. The van der Waals surface area contributed by atoms with Crippen LogP contribution >= 0.6 is 0 Å². The number of pyridine rings is 1. The van der Waals surface area contributed by atoms with Crippen LogP contribution in [0.1, 0.15) is 39.2 Å². The van der Waals surface area contributed by atoms with Crippen molar-refractivity contribution in [2.24, 2.45) is 0 Å². The van der Waals surface area contributed by atoms with Crippen molar-refractivity contribution in [3.63, 3.8) is 0 Å². The molecule has 0 bridgehead atoms. The Balaban J connectivity index is 1.17. The maximum absolute atomic E-state index is 12.8. The van der Waals surface area contributed by atoms with Crippen LogP contribution in [0.25, 0.3) is 22.4 Å². The number of hydrogen-bond donors (Lipinski definition) is 1. The number of aryl methyl sites for hydroxylation is 2. The van der Waals surface area contributed by atoms with E-state index in [2.05, 4.69) is 20.1 Å². The molecule has 1 N–H and O–H groups in total. The van der Waals surface area contributed by atoms with E-state index in [-0.39, 0.29) is 12.2 Å². The highest BCUT2D eigenvalue weighted by Gasteiger charge is 2.43. The molecule has 5 rings (SSSR count). The molecule has 0 unspecified atom stereocenters. The summed E-state index contributed by atoms with van der Waals surface area (Å²) in [5, 5.41) is 7.78. The fourth-order valence-electron chi connectivity index (χ4n) is 5.08. The Bertz CT molecular complexity index is 1650. The molecule has 2 aromatic heterocycles. The number of fused-ring (bicyclic) bond motifs is 3. The van der Waals surface area contributed by atoms with Gasteiger partial charge in [-0.25, -0.2) is 9.59 Å². The number of esters is 2. The van der Waals surface area contributed by atoms with Gasteiger partial charge >= 0.3 is 24.3 Å². The van der Waals surface area contributed by atoms with E-state index >= 15 is 0 Å². The quantitative estimate of drug-likeness (QED) is 0.104. The van der Waals surface area contributed by atoms with E-state index in [1.54, 1.807) is 18.5 Å². The van der Waals surface area contributed by atoms with Crippen molar-refractivity contribution in [3.8, 4) is 22.4 Å². The van der Waals surface area contributed by atoms with E-state index in [4.69, 9.17) is 0 Å². The van der Waals surface area contributed by atoms with Gasteiger partial charge in [-0.3, -0.25) is 9.67 Å². The Hall–Kier alpha value is -4.52. The summed E-state index contributed by atoms with van der Waals surface area (Å²) >= 11 is 0. The lowest BCUT2D eigenvalue weighted by molar-refractivity contribution is -0.193. The van der Waals surface area contributed by atoms with E-state index in [1.807, 2.05) is 24.3 Å². The van der Waals surface area contributed by atoms with Crippen molar-refractivity contribution < 1.29 is 40.7 Å². The van der Waals surface area contributed by atoms with Gasteiger partial charge in [0.05, 0.1) is 11.3 Å². The van der Waals surface area contributed by atoms with Gasteiger partial charge in [0.25, 0.3) is 0 Å². The molecular weight excluding hydrogens is 590 g/mol. The molecule has 0 radical (unpaired) electrons. The van der Waals surface area contributed by atoms with Crippen LogP contribution in [0.5, 0.6) is 0 Å². The van der Waals surface area contributed by atoms with Crippen molar-refractivity contribution in [2.45, 2.75) is 44.6 Å². The minimum absolute atomic E-state index is 0.173. The van der Waals surface area contributed by atoms with Crippen molar-refractivity contribution in [1.82, 2.24) is 20.1 Å². The van der Waals surface area contributed by atoms with Gasteiger partial charge in [0, 0.05) is 30.1 Å². The molecule has 4 aromatic rings. The van der Waals surface area contributed by atoms with Gasteiger partial charge in [0.1, 0.15) is 0 Å². The molecule has 0 fully saturated rings. The number of aromatic nitrogens is 3. The largest absolute Gasteiger partial charge is 0.491 e. The lowest BCUT2D eigenvalue weighted by Crippen LogP contribution is -2.29. The molecule has 1 aliphatic carbocycles. The first-order valence-corrected chi connectivity index (χ1v) is 13.8. The number of nitrogens with zero attached hydrogens (tertiary/aromatic N) is 3. The third-order valence-corrected chi connectivity index (χ3v) is 7.28. The fraction of sp³-hybridized carbons (Fsp3) is 0.290.